The molecule has 1 aromatic heterocycles. The van der Waals surface area contributed by atoms with Gasteiger partial charge in [0.15, 0.2) is 5.82 Å². The predicted octanol–water partition coefficient (Wildman–Crippen LogP) is 3.48. The second-order valence-electron chi connectivity index (χ2n) is 8.00. The molecule has 29 heavy (non-hydrogen) atoms. The Balaban J connectivity index is 1.66. The maximum atomic E-state index is 12.2. The van der Waals surface area contributed by atoms with E-state index < -0.39 is 0 Å². The van der Waals surface area contributed by atoms with Crippen molar-refractivity contribution in [1.82, 2.24) is 20.4 Å². The van der Waals surface area contributed by atoms with E-state index in [1.165, 1.54) is 5.56 Å². The van der Waals surface area contributed by atoms with Crippen LogP contribution < -0.4 is 10.1 Å². The quantitative estimate of drug-likeness (QED) is 0.828. The van der Waals surface area contributed by atoms with Crippen molar-refractivity contribution in [3.8, 4) is 5.75 Å². The second kappa shape index (κ2) is 10.4. The Morgan fingerprint density at radius 2 is 2.17 bits per heavy atom. The number of aromatic nitrogens is 2. The van der Waals surface area contributed by atoms with Crippen molar-refractivity contribution >= 4 is 5.91 Å². The summed E-state index contributed by atoms with van der Waals surface area (Å²) in [5, 5.41) is 7.15. The molecule has 1 saturated heterocycles. The van der Waals surface area contributed by atoms with Gasteiger partial charge in [-0.05, 0) is 43.5 Å². The maximum Gasteiger partial charge on any atom is 0.229 e. The average Bonchev–Trinajstić information content (AvgIpc) is 3.20. The molecule has 1 aliphatic heterocycles. The number of ether oxygens (including phenoxy) is 1. The van der Waals surface area contributed by atoms with Crippen molar-refractivity contribution in [3.05, 3.63) is 41.5 Å². The minimum Gasteiger partial charge on any atom is -0.497 e. The second-order valence-corrected chi connectivity index (χ2v) is 8.00. The van der Waals surface area contributed by atoms with Gasteiger partial charge in [0.1, 0.15) is 5.75 Å². The Hall–Kier alpha value is -2.41. The van der Waals surface area contributed by atoms with E-state index in [1.807, 2.05) is 12.1 Å². The SMILES string of the molecule is COc1cccc(CN2CCCC(c3nc(C(C)C)no3)CCNC(=O)CC2)c1. The zero-order valence-electron chi connectivity index (χ0n) is 17.7. The van der Waals surface area contributed by atoms with Crippen LogP contribution in [0.3, 0.4) is 0 Å². The molecule has 0 bridgehead atoms. The largest absolute Gasteiger partial charge is 0.497 e. The highest BCUT2D eigenvalue weighted by Crippen LogP contribution is 2.25. The smallest absolute Gasteiger partial charge is 0.229 e. The van der Waals surface area contributed by atoms with Gasteiger partial charge in [0, 0.05) is 37.9 Å². The Kier molecular flexibility index (Phi) is 7.63. The van der Waals surface area contributed by atoms with Crippen LogP contribution in [0.25, 0.3) is 0 Å². The van der Waals surface area contributed by atoms with E-state index in [2.05, 4.69) is 46.3 Å². The highest BCUT2D eigenvalue weighted by atomic mass is 16.5. The number of benzene rings is 1. The van der Waals surface area contributed by atoms with E-state index in [9.17, 15) is 4.79 Å². The van der Waals surface area contributed by atoms with Gasteiger partial charge in [0.25, 0.3) is 0 Å². The van der Waals surface area contributed by atoms with E-state index in [0.29, 0.717) is 18.9 Å². The van der Waals surface area contributed by atoms with E-state index in [1.54, 1.807) is 7.11 Å². The van der Waals surface area contributed by atoms with E-state index in [0.717, 1.165) is 50.5 Å². The van der Waals surface area contributed by atoms with Gasteiger partial charge < -0.3 is 14.6 Å². The minimum absolute atomic E-state index is 0.0923. The molecule has 2 heterocycles. The third-order valence-electron chi connectivity index (χ3n) is 5.36. The minimum atomic E-state index is 0.0923. The predicted molar refractivity (Wildman–Crippen MR) is 111 cm³/mol. The fraction of sp³-hybridized carbons (Fsp3) is 0.591. The van der Waals surface area contributed by atoms with Gasteiger partial charge in [0.05, 0.1) is 7.11 Å². The Morgan fingerprint density at radius 1 is 1.31 bits per heavy atom. The van der Waals surface area contributed by atoms with E-state index in [4.69, 9.17) is 9.26 Å². The highest BCUT2D eigenvalue weighted by molar-refractivity contribution is 5.76. The number of rotatable bonds is 5. The van der Waals surface area contributed by atoms with Crippen LogP contribution in [0.15, 0.2) is 28.8 Å². The van der Waals surface area contributed by atoms with Crippen molar-refractivity contribution < 1.29 is 14.1 Å². The van der Waals surface area contributed by atoms with Gasteiger partial charge in [-0.1, -0.05) is 31.1 Å². The number of carbonyl (C=O) groups is 1. The summed E-state index contributed by atoms with van der Waals surface area (Å²) in [5.74, 6) is 2.81. The first-order valence-electron chi connectivity index (χ1n) is 10.5. The third-order valence-corrected chi connectivity index (χ3v) is 5.36. The van der Waals surface area contributed by atoms with Gasteiger partial charge in [-0.2, -0.15) is 4.98 Å². The highest BCUT2D eigenvalue weighted by Gasteiger charge is 2.22. The molecule has 1 unspecified atom stereocenters. The molecule has 1 fully saturated rings. The number of nitrogens with one attached hydrogen (secondary N) is 1. The summed E-state index contributed by atoms with van der Waals surface area (Å²) in [5.41, 5.74) is 1.19. The monoisotopic (exact) mass is 400 g/mol. The van der Waals surface area contributed by atoms with Crippen LogP contribution in [-0.4, -0.2) is 47.7 Å². The first kappa shape index (κ1) is 21.3. The first-order valence-corrected chi connectivity index (χ1v) is 10.5. The molecule has 1 N–H and O–H groups in total. The lowest BCUT2D eigenvalue weighted by atomic mass is 9.99. The fourth-order valence-electron chi connectivity index (χ4n) is 3.63. The van der Waals surface area contributed by atoms with Crippen LogP contribution in [0.4, 0.5) is 0 Å². The summed E-state index contributed by atoms with van der Waals surface area (Å²) in [6.07, 6.45) is 3.31. The average molecular weight is 401 g/mol. The summed E-state index contributed by atoms with van der Waals surface area (Å²) in [7, 11) is 1.68. The molecule has 7 nitrogen and oxygen atoms in total. The summed E-state index contributed by atoms with van der Waals surface area (Å²) >= 11 is 0. The molecule has 0 aliphatic carbocycles. The van der Waals surface area contributed by atoms with Crippen LogP contribution >= 0.6 is 0 Å². The Bertz CT molecular complexity index is 790. The molecule has 2 aromatic rings. The Morgan fingerprint density at radius 3 is 2.93 bits per heavy atom. The first-order chi connectivity index (χ1) is 14.0. The zero-order chi connectivity index (χ0) is 20.6. The van der Waals surface area contributed by atoms with Crippen molar-refractivity contribution in [2.45, 2.75) is 57.9 Å². The number of hydrogen-bond acceptors (Lipinski definition) is 6. The lowest BCUT2D eigenvalue weighted by molar-refractivity contribution is -0.121. The summed E-state index contributed by atoms with van der Waals surface area (Å²) < 4.78 is 10.9. The normalized spacial score (nSPS) is 19.6. The summed E-state index contributed by atoms with van der Waals surface area (Å²) in [4.78, 5) is 19.2. The molecule has 7 heteroatoms. The van der Waals surface area contributed by atoms with Gasteiger partial charge in [-0.3, -0.25) is 9.69 Å². The molecular formula is C22H32N4O3. The Labute approximate surface area is 172 Å². The molecule has 158 valence electrons. The number of carbonyl (C=O) groups excluding carboxylic acids is 1. The van der Waals surface area contributed by atoms with Gasteiger partial charge in [0.2, 0.25) is 11.8 Å². The van der Waals surface area contributed by atoms with Gasteiger partial charge in [-0.25, -0.2) is 0 Å². The fourth-order valence-corrected chi connectivity index (χ4v) is 3.63. The zero-order valence-corrected chi connectivity index (χ0v) is 17.7. The summed E-state index contributed by atoms with van der Waals surface area (Å²) in [6.45, 7) is 7.22. The number of nitrogens with zero attached hydrogens (tertiary/aromatic N) is 3. The lowest BCUT2D eigenvalue weighted by Gasteiger charge is -2.22. The molecule has 1 amide bonds. The molecule has 0 saturated carbocycles. The van der Waals surface area contributed by atoms with Crippen molar-refractivity contribution in [2.24, 2.45) is 0 Å². The maximum absolute atomic E-state index is 12.2. The molecule has 0 spiro atoms. The van der Waals surface area contributed by atoms with Crippen LogP contribution in [0.2, 0.25) is 0 Å². The van der Waals surface area contributed by atoms with Gasteiger partial charge >= 0.3 is 0 Å². The molecule has 0 radical (unpaired) electrons. The third kappa shape index (κ3) is 6.29. The van der Waals surface area contributed by atoms with E-state index >= 15 is 0 Å². The summed E-state index contributed by atoms with van der Waals surface area (Å²) in [6, 6.07) is 8.11. The standard InChI is InChI=1S/C22H32N4O3/c1-16(2)21-24-22(29-25-21)18-7-5-12-26(13-10-20(27)23-11-9-18)15-17-6-4-8-19(14-17)28-3/h4,6,8,14,16,18H,5,7,9-13,15H2,1-3H3,(H,23,27). The van der Waals surface area contributed by atoms with Crippen LogP contribution in [-0.2, 0) is 11.3 Å². The molecular weight excluding hydrogens is 368 g/mol. The van der Waals surface area contributed by atoms with Crippen molar-refractivity contribution in [1.29, 1.82) is 0 Å². The van der Waals surface area contributed by atoms with E-state index in [-0.39, 0.29) is 17.7 Å². The number of hydrogen-bond donors (Lipinski definition) is 1. The van der Waals surface area contributed by atoms with Crippen LogP contribution in [0, 0.1) is 0 Å². The molecule has 1 atom stereocenters. The van der Waals surface area contributed by atoms with Crippen molar-refractivity contribution in [2.75, 3.05) is 26.7 Å². The van der Waals surface area contributed by atoms with Gasteiger partial charge in [-0.15, -0.1) is 0 Å². The number of methoxy groups -OCH3 is 1. The number of amides is 1. The van der Waals surface area contributed by atoms with Crippen molar-refractivity contribution in [3.63, 3.8) is 0 Å². The molecule has 3 rings (SSSR count). The lowest BCUT2D eigenvalue weighted by Crippen LogP contribution is -2.31. The topological polar surface area (TPSA) is 80.5 Å². The molecule has 1 aliphatic rings. The molecule has 1 aromatic carbocycles. The van der Waals surface area contributed by atoms with Crippen LogP contribution in [0.5, 0.6) is 5.75 Å². The van der Waals surface area contributed by atoms with Crippen LogP contribution in [0.1, 0.15) is 68.6 Å².